The van der Waals surface area contributed by atoms with Crippen LogP contribution < -0.4 is 0 Å². The van der Waals surface area contributed by atoms with Crippen molar-refractivity contribution in [3.63, 3.8) is 0 Å². The molecule has 0 aromatic carbocycles. The highest BCUT2D eigenvalue weighted by Crippen LogP contribution is 2.05. The Morgan fingerprint density at radius 3 is 2.50 bits per heavy atom. The van der Waals surface area contributed by atoms with Gasteiger partial charge in [0.2, 0.25) is 0 Å². The molecule has 0 saturated heterocycles. The van der Waals surface area contributed by atoms with E-state index in [0.717, 1.165) is 5.57 Å². The van der Waals surface area contributed by atoms with E-state index in [1.165, 1.54) is 0 Å². The van der Waals surface area contributed by atoms with Crippen LogP contribution in [0, 0.1) is 10.8 Å². The van der Waals surface area contributed by atoms with Crippen LogP contribution >= 0.6 is 0 Å². The Morgan fingerprint density at radius 2 is 2.38 bits per heavy atom. The van der Waals surface area contributed by atoms with E-state index in [9.17, 15) is 4.91 Å². The minimum absolute atomic E-state index is 0.243. The van der Waals surface area contributed by atoms with Crippen LogP contribution in [0.25, 0.3) is 0 Å². The van der Waals surface area contributed by atoms with Crippen LogP contribution in [0.15, 0.2) is 17.3 Å². The summed E-state index contributed by atoms with van der Waals surface area (Å²) in [4.78, 5) is 9.63. The highest BCUT2D eigenvalue weighted by atomic mass is 16.3. The summed E-state index contributed by atoms with van der Waals surface area (Å²) in [6, 6.07) is 0. The van der Waals surface area contributed by atoms with Crippen molar-refractivity contribution < 1.29 is 0 Å². The summed E-state index contributed by atoms with van der Waals surface area (Å²) in [5.41, 5.74) is 1.02. The topological polar surface area (TPSA) is 29.4 Å². The molecule has 0 aromatic rings. The molecule has 0 amide bonds. The number of nitrogens with zero attached hydrogens (tertiary/aromatic N) is 1. The van der Waals surface area contributed by atoms with Crippen LogP contribution in [0.4, 0.5) is 0 Å². The molecule has 0 aliphatic rings. The first-order chi connectivity index (χ1) is 3.68. The zero-order valence-electron chi connectivity index (χ0n) is 5.35. The predicted molar refractivity (Wildman–Crippen MR) is 34.6 cm³/mol. The van der Waals surface area contributed by atoms with E-state index in [1.807, 2.05) is 13.8 Å². The molecule has 8 heavy (non-hydrogen) atoms. The van der Waals surface area contributed by atoms with Crippen LogP contribution in [-0.4, -0.2) is 6.54 Å². The quantitative estimate of drug-likeness (QED) is 0.406. The fourth-order valence-electron chi connectivity index (χ4n) is 0.268. The summed E-state index contributed by atoms with van der Waals surface area (Å²) < 4.78 is 0. The number of hydrogen-bond donors (Lipinski definition) is 0. The third-order valence-electron chi connectivity index (χ3n) is 1.19. The van der Waals surface area contributed by atoms with Crippen molar-refractivity contribution in [2.24, 2.45) is 11.1 Å². The van der Waals surface area contributed by atoms with E-state index >= 15 is 0 Å². The lowest BCUT2D eigenvalue weighted by molar-refractivity contribution is 0.695. The summed E-state index contributed by atoms with van der Waals surface area (Å²) in [5.74, 6) is 0.243. The van der Waals surface area contributed by atoms with Gasteiger partial charge in [-0.05, 0) is 12.8 Å². The van der Waals surface area contributed by atoms with Gasteiger partial charge in [-0.25, -0.2) is 0 Å². The Labute approximate surface area is 49.6 Å². The van der Waals surface area contributed by atoms with E-state index in [4.69, 9.17) is 0 Å². The van der Waals surface area contributed by atoms with Crippen LogP contribution in [0.5, 0.6) is 0 Å². The SMILES string of the molecule is C=C(C)[C@H](C)CN=O. The molecule has 2 heteroatoms. The normalized spacial score (nSPS) is 12.8. The van der Waals surface area contributed by atoms with Gasteiger partial charge in [0.15, 0.2) is 0 Å². The Hall–Kier alpha value is -0.660. The zero-order chi connectivity index (χ0) is 6.57. The Morgan fingerprint density at radius 1 is 1.88 bits per heavy atom. The Balaban J connectivity index is 3.46. The second-order valence-electron chi connectivity index (χ2n) is 2.06. The second-order valence-corrected chi connectivity index (χ2v) is 2.06. The van der Waals surface area contributed by atoms with E-state index < -0.39 is 0 Å². The summed E-state index contributed by atoms with van der Waals surface area (Å²) >= 11 is 0. The third kappa shape index (κ3) is 2.50. The van der Waals surface area contributed by atoms with Gasteiger partial charge in [0.05, 0.1) is 6.54 Å². The van der Waals surface area contributed by atoms with E-state index in [-0.39, 0.29) is 5.92 Å². The molecular formula is C6H11NO. The average Bonchev–Trinajstić information content (AvgIpc) is 1.67. The zero-order valence-corrected chi connectivity index (χ0v) is 5.35. The number of rotatable bonds is 3. The van der Waals surface area contributed by atoms with E-state index in [0.29, 0.717) is 6.54 Å². The average molecular weight is 113 g/mol. The molecule has 0 N–H and O–H groups in total. The smallest absolute Gasteiger partial charge is 0.0873 e. The number of nitroso groups, excluding NO2 is 1. The van der Waals surface area contributed by atoms with Crippen molar-refractivity contribution in [3.8, 4) is 0 Å². The molecule has 0 rings (SSSR count). The lowest BCUT2D eigenvalue weighted by Crippen LogP contribution is -1.97. The third-order valence-corrected chi connectivity index (χ3v) is 1.19. The van der Waals surface area contributed by atoms with Gasteiger partial charge in [-0.1, -0.05) is 24.3 Å². The molecule has 0 spiro atoms. The molecule has 1 atom stereocenters. The van der Waals surface area contributed by atoms with Crippen molar-refractivity contribution in [2.45, 2.75) is 13.8 Å². The van der Waals surface area contributed by atoms with Gasteiger partial charge in [0.1, 0.15) is 0 Å². The van der Waals surface area contributed by atoms with Gasteiger partial charge in [0, 0.05) is 0 Å². The second kappa shape index (κ2) is 3.36. The van der Waals surface area contributed by atoms with Crippen LogP contribution in [-0.2, 0) is 0 Å². The van der Waals surface area contributed by atoms with Gasteiger partial charge in [-0.15, -0.1) is 0 Å². The fourth-order valence-corrected chi connectivity index (χ4v) is 0.268. The monoisotopic (exact) mass is 113 g/mol. The van der Waals surface area contributed by atoms with Gasteiger partial charge < -0.3 is 0 Å². The van der Waals surface area contributed by atoms with Crippen molar-refractivity contribution >= 4 is 0 Å². The lowest BCUT2D eigenvalue weighted by atomic mass is 10.1. The molecule has 0 fully saturated rings. The first-order valence-electron chi connectivity index (χ1n) is 2.63. The van der Waals surface area contributed by atoms with Gasteiger partial charge in [-0.2, -0.15) is 4.91 Å². The van der Waals surface area contributed by atoms with Gasteiger partial charge >= 0.3 is 0 Å². The maximum Gasteiger partial charge on any atom is 0.0873 e. The maximum atomic E-state index is 9.63. The molecular weight excluding hydrogens is 102 g/mol. The summed E-state index contributed by atoms with van der Waals surface area (Å²) in [6.07, 6.45) is 0. The Kier molecular flexibility index (Phi) is 3.08. The maximum absolute atomic E-state index is 9.63. The molecule has 2 nitrogen and oxygen atoms in total. The first-order valence-corrected chi connectivity index (χ1v) is 2.63. The van der Waals surface area contributed by atoms with Crippen molar-refractivity contribution in [1.29, 1.82) is 0 Å². The van der Waals surface area contributed by atoms with Crippen molar-refractivity contribution in [1.82, 2.24) is 0 Å². The summed E-state index contributed by atoms with van der Waals surface area (Å²) in [7, 11) is 0. The molecule has 0 aliphatic heterocycles. The van der Waals surface area contributed by atoms with Crippen LogP contribution in [0.2, 0.25) is 0 Å². The molecule has 0 heterocycles. The molecule has 0 unspecified atom stereocenters. The van der Waals surface area contributed by atoms with Crippen molar-refractivity contribution in [3.05, 3.63) is 17.1 Å². The first kappa shape index (κ1) is 7.34. The van der Waals surface area contributed by atoms with Crippen molar-refractivity contribution in [2.75, 3.05) is 6.54 Å². The van der Waals surface area contributed by atoms with Crippen LogP contribution in [0.3, 0.4) is 0 Å². The highest BCUT2D eigenvalue weighted by Gasteiger charge is 1.99. The van der Waals surface area contributed by atoms with Crippen LogP contribution in [0.1, 0.15) is 13.8 Å². The molecule has 0 bridgehead atoms. The van der Waals surface area contributed by atoms with E-state index in [1.54, 1.807) is 0 Å². The minimum Gasteiger partial charge on any atom is -0.151 e. The molecule has 0 radical (unpaired) electrons. The minimum atomic E-state index is 0.243. The van der Waals surface area contributed by atoms with Gasteiger partial charge in [-0.3, -0.25) is 0 Å². The summed E-state index contributed by atoms with van der Waals surface area (Å²) in [5, 5.41) is 2.75. The molecule has 0 aromatic heterocycles. The van der Waals surface area contributed by atoms with Gasteiger partial charge in [0.25, 0.3) is 0 Å². The summed E-state index contributed by atoms with van der Waals surface area (Å²) in [6.45, 7) is 7.86. The largest absolute Gasteiger partial charge is 0.151 e. The highest BCUT2D eigenvalue weighted by molar-refractivity contribution is 4.94. The molecule has 0 saturated carbocycles. The standard InChI is InChI=1S/C6H11NO/c1-5(2)6(3)4-7-8/h6H,1,4H2,2-3H3/t6-/m1/s1. The van der Waals surface area contributed by atoms with E-state index in [2.05, 4.69) is 11.8 Å². The molecule has 46 valence electrons. The fraction of sp³-hybridized carbons (Fsp3) is 0.667. The molecule has 0 aliphatic carbocycles. The Bertz CT molecular complexity index is 98.7. The lowest BCUT2D eigenvalue weighted by Gasteiger charge is -2.02. The number of hydrogen-bond acceptors (Lipinski definition) is 2. The predicted octanol–water partition coefficient (Wildman–Crippen LogP) is 1.97.